The molecule has 2 fully saturated rings. The number of hydrogen-bond acceptors (Lipinski definition) is 4. The molecule has 0 spiro atoms. The average Bonchev–Trinajstić information content (AvgIpc) is 2.11. The Morgan fingerprint density at radius 1 is 1.44 bits per heavy atom. The fraction of sp³-hybridized carbons (Fsp3) is 0.917. The fourth-order valence-electron chi connectivity index (χ4n) is 2.59. The van der Waals surface area contributed by atoms with Crippen LogP contribution in [-0.2, 0) is 14.6 Å². The number of carbonyl (C=O) groups excluding carboxylic acids is 1. The van der Waals surface area contributed by atoms with Crippen LogP contribution < -0.4 is 10.6 Å². The van der Waals surface area contributed by atoms with Gasteiger partial charge in [-0.05, 0) is 25.7 Å². The molecule has 2 unspecified atom stereocenters. The zero-order chi connectivity index (χ0) is 13.2. The van der Waals surface area contributed by atoms with Crippen molar-refractivity contribution in [3.05, 3.63) is 0 Å². The molecular weight excluding hydrogens is 252 g/mol. The van der Waals surface area contributed by atoms with E-state index in [1.54, 1.807) is 0 Å². The van der Waals surface area contributed by atoms with Crippen LogP contribution in [0.4, 0.5) is 0 Å². The summed E-state index contributed by atoms with van der Waals surface area (Å²) in [5.74, 6) is 0.836. The lowest BCUT2D eigenvalue weighted by Crippen LogP contribution is -2.49. The molecule has 1 saturated heterocycles. The number of carbonyl (C=O) groups is 1. The van der Waals surface area contributed by atoms with E-state index < -0.39 is 9.84 Å². The summed E-state index contributed by atoms with van der Waals surface area (Å²) in [5.41, 5.74) is 0. The molecule has 0 aromatic heterocycles. The van der Waals surface area contributed by atoms with Gasteiger partial charge < -0.3 is 10.6 Å². The van der Waals surface area contributed by atoms with Crippen LogP contribution in [0.25, 0.3) is 0 Å². The third kappa shape index (κ3) is 3.68. The highest BCUT2D eigenvalue weighted by molar-refractivity contribution is 7.91. The summed E-state index contributed by atoms with van der Waals surface area (Å²) in [4.78, 5) is 11.8. The largest absolute Gasteiger partial charge is 0.353 e. The minimum atomic E-state index is -2.96. The lowest BCUT2D eigenvalue weighted by molar-refractivity contribution is -0.122. The maximum absolute atomic E-state index is 11.8. The molecule has 1 saturated carbocycles. The predicted molar refractivity (Wildman–Crippen MR) is 70.0 cm³/mol. The SMILES string of the molecule is CC(NC(=O)CC1CS(=O)(=O)CCN1)C1CCC1. The molecule has 2 aliphatic rings. The molecule has 2 N–H and O–H groups in total. The van der Waals surface area contributed by atoms with Crippen molar-refractivity contribution in [3.8, 4) is 0 Å². The second kappa shape index (κ2) is 5.57. The molecule has 0 aromatic rings. The lowest BCUT2D eigenvalue weighted by Gasteiger charge is -2.32. The van der Waals surface area contributed by atoms with Gasteiger partial charge in [-0.15, -0.1) is 0 Å². The molecule has 18 heavy (non-hydrogen) atoms. The summed E-state index contributed by atoms with van der Waals surface area (Å²) in [7, 11) is -2.96. The Morgan fingerprint density at radius 2 is 2.17 bits per heavy atom. The highest BCUT2D eigenvalue weighted by Gasteiger charge is 2.28. The van der Waals surface area contributed by atoms with Crippen LogP contribution in [-0.4, -0.2) is 44.5 Å². The molecule has 1 aliphatic heterocycles. The van der Waals surface area contributed by atoms with Gasteiger partial charge in [0.05, 0.1) is 11.5 Å². The molecule has 1 amide bonds. The van der Waals surface area contributed by atoms with Crippen LogP contribution >= 0.6 is 0 Å². The minimum absolute atomic E-state index is 0.0380. The van der Waals surface area contributed by atoms with Gasteiger partial charge in [0.25, 0.3) is 0 Å². The third-order valence-corrected chi connectivity index (χ3v) is 5.71. The first-order valence-electron chi connectivity index (χ1n) is 6.69. The van der Waals surface area contributed by atoms with Crippen LogP contribution in [0.1, 0.15) is 32.6 Å². The second-order valence-electron chi connectivity index (χ2n) is 5.52. The van der Waals surface area contributed by atoms with E-state index in [2.05, 4.69) is 10.6 Å². The number of rotatable bonds is 4. The van der Waals surface area contributed by atoms with E-state index in [4.69, 9.17) is 0 Å². The molecule has 0 aromatic carbocycles. The topological polar surface area (TPSA) is 75.3 Å². The third-order valence-electron chi connectivity index (χ3n) is 3.98. The van der Waals surface area contributed by atoms with Crippen LogP contribution in [0.3, 0.4) is 0 Å². The molecule has 5 nitrogen and oxygen atoms in total. The highest BCUT2D eigenvalue weighted by atomic mass is 32.2. The van der Waals surface area contributed by atoms with Gasteiger partial charge in [0.2, 0.25) is 5.91 Å². The van der Waals surface area contributed by atoms with Crippen molar-refractivity contribution in [1.82, 2.24) is 10.6 Å². The zero-order valence-corrected chi connectivity index (χ0v) is 11.6. The number of amides is 1. The lowest BCUT2D eigenvalue weighted by atomic mass is 9.80. The van der Waals surface area contributed by atoms with Crippen molar-refractivity contribution in [2.45, 2.75) is 44.7 Å². The van der Waals surface area contributed by atoms with E-state index in [0.717, 1.165) is 0 Å². The fourth-order valence-corrected chi connectivity index (χ4v) is 4.04. The smallest absolute Gasteiger partial charge is 0.221 e. The Morgan fingerprint density at radius 3 is 2.72 bits per heavy atom. The molecule has 1 heterocycles. The van der Waals surface area contributed by atoms with Crippen molar-refractivity contribution in [2.24, 2.45) is 5.92 Å². The second-order valence-corrected chi connectivity index (χ2v) is 7.75. The standard InChI is InChI=1S/C12H22N2O3S/c1-9(10-3-2-4-10)14-12(15)7-11-8-18(16,17)6-5-13-11/h9-11,13H,2-8H2,1H3,(H,14,15). The minimum Gasteiger partial charge on any atom is -0.353 e. The van der Waals surface area contributed by atoms with Crippen molar-refractivity contribution >= 4 is 15.7 Å². The Kier molecular flexibility index (Phi) is 4.27. The number of hydrogen-bond donors (Lipinski definition) is 2. The Hall–Kier alpha value is -0.620. The molecule has 104 valence electrons. The monoisotopic (exact) mass is 274 g/mol. The first kappa shape index (κ1) is 13.8. The quantitative estimate of drug-likeness (QED) is 0.760. The van der Waals surface area contributed by atoms with Gasteiger partial charge in [-0.2, -0.15) is 0 Å². The van der Waals surface area contributed by atoms with Gasteiger partial charge in [-0.3, -0.25) is 4.79 Å². The number of sulfone groups is 1. The van der Waals surface area contributed by atoms with Crippen molar-refractivity contribution in [1.29, 1.82) is 0 Å². The van der Waals surface area contributed by atoms with Gasteiger partial charge in [0, 0.05) is 25.0 Å². The van der Waals surface area contributed by atoms with E-state index in [1.807, 2.05) is 6.92 Å². The summed E-state index contributed by atoms with van der Waals surface area (Å²) in [6.07, 6.45) is 3.90. The van der Waals surface area contributed by atoms with Gasteiger partial charge >= 0.3 is 0 Å². The van der Waals surface area contributed by atoms with E-state index in [0.29, 0.717) is 12.5 Å². The van der Waals surface area contributed by atoms with Gasteiger partial charge in [-0.25, -0.2) is 8.42 Å². The van der Waals surface area contributed by atoms with Crippen molar-refractivity contribution in [3.63, 3.8) is 0 Å². The Labute approximate surface area is 109 Å². The summed E-state index contributed by atoms with van der Waals surface area (Å²) in [6, 6.07) is -0.0104. The maximum atomic E-state index is 11.8. The van der Waals surface area contributed by atoms with Crippen molar-refractivity contribution < 1.29 is 13.2 Å². The van der Waals surface area contributed by atoms with Crippen LogP contribution in [0, 0.1) is 5.92 Å². The Balaban J connectivity index is 1.76. The van der Waals surface area contributed by atoms with Gasteiger partial charge in [-0.1, -0.05) is 6.42 Å². The maximum Gasteiger partial charge on any atom is 0.221 e. The van der Waals surface area contributed by atoms with Crippen LogP contribution in [0.2, 0.25) is 0 Å². The number of nitrogens with one attached hydrogen (secondary N) is 2. The molecular formula is C12H22N2O3S. The van der Waals surface area contributed by atoms with Crippen LogP contribution in [0.15, 0.2) is 0 Å². The van der Waals surface area contributed by atoms with Gasteiger partial charge in [0.15, 0.2) is 9.84 Å². The summed E-state index contributed by atoms with van der Waals surface area (Å²) in [6.45, 7) is 2.49. The summed E-state index contributed by atoms with van der Waals surface area (Å²) >= 11 is 0. The van der Waals surface area contributed by atoms with E-state index in [9.17, 15) is 13.2 Å². The van der Waals surface area contributed by atoms with E-state index in [-0.39, 0.29) is 35.9 Å². The first-order valence-corrected chi connectivity index (χ1v) is 8.51. The molecule has 2 rings (SSSR count). The first-order chi connectivity index (χ1) is 8.46. The molecule has 0 bridgehead atoms. The summed E-state index contributed by atoms with van der Waals surface area (Å²) < 4.78 is 22.9. The van der Waals surface area contributed by atoms with Crippen molar-refractivity contribution in [2.75, 3.05) is 18.1 Å². The highest BCUT2D eigenvalue weighted by Crippen LogP contribution is 2.29. The average molecular weight is 274 g/mol. The van der Waals surface area contributed by atoms with Crippen LogP contribution in [0.5, 0.6) is 0 Å². The molecule has 0 radical (unpaired) electrons. The normalized spacial score (nSPS) is 29.3. The Bertz CT molecular complexity index is 404. The van der Waals surface area contributed by atoms with Gasteiger partial charge in [0.1, 0.15) is 0 Å². The molecule has 2 atom stereocenters. The molecule has 1 aliphatic carbocycles. The van der Waals surface area contributed by atoms with E-state index >= 15 is 0 Å². The predicted octanol–water partition coefficient (Wildman–Crippen LogP) is 0.0679. The zero-order valence-electron chi connectivity index (χ0n) is 10.8. The summed E-state index contributed by atoms with van der Waals surface area (Å²) in [5, 5.41) is 6.08. The van der Waals surface area contributed by atoms with E-state index in [1.165, 1.54) is 19.3 Å². The molecule has 6 heteroatoms.